The number of aryl methyl sites for hydroxylation is 1. The van der Waals surface area contributed by atoms with Gasteiger partial charge in [-0.1, -0.05) is 0 Å². The van der Waals surface area contributed by atoms with Crippen molar-refractivity contribution in [2.75, 3.05) is 24.5 Å². The summed E-state index contributed by atoms with van der Waals surface area (Å²) in [6.07, 6.45) is 1.78. The van der Waals surface area contributed by atoms with Crippen LogP contribution >= 0.6 is 0 Å². The van der Waals surface area contributed by atoms with Crippen LogP contribution in [0.1, 0.15) is 18.1 Å². The minimum absolute atomic E-state index is 0.384. The minimum atomic E-state index is 0.384. The highest BCUT2D eigenvalue weighted by Gasteiger charge is 2.22. The van der Waals surface area contributed by atoms with Crippen molar-refractivity contribution in [3.05, 3.63) is 23.4 Å². The maximum absolute atomic E-state index is 9.18. The molecule has 1 aliphatic heterocycles. The van der Waals surface area contributed by atoms with E-state index in [0.717, 1.165) is 31.0 Å². The van der Waals surface area contributed by atoms with E-state index in [0.29, 0.717) is 11.6 Å². The van der Waals surface area contributed by atoms with E-state index >= 15 is 0 Å². The summed E-state index contributed by atoms with van der Waals surface area (Å²) in [5.41, 5.74) is 1.70. The van der Waals surface area contributed by atoms with Gasteiger partial charge in [-0.05, 0) is 25.5 Å². The molecule has 1 aromatic heterocycles. The second-order valence-electron chi connectivity index (χ2n) is 4.18. The van der Waals surface area contributed by atoms with Crippen LogP contribution in [0.4, 0.5) is 5.82 Å². The molecule has 84 valence electrons. The molecular weight excluding hydrogens is 200 g/mol. The van der Waals surface area contributed by atoms with Crippen LogP contribution in [-0.4, -0.2) is 30.7 Å². The van der Waals surface area contributed by atoms with Gasteiger partial charge in [0.1, 0.15) is 11.9 Å². The lowest BCUT2D eigenvalue weighted by atomic mass is 10.1. The fraction of sp³-hybridized carbons (Fsp3) is 0.500. The van der Waals surface area contributed by atoms with Crippen molar-refractivity contribution >= 4 is 5.82 Å². The van der Waals surface area contributed by atoms with Crippen molar-refractivity contribution in [2.24, 2.45) is 0 Å². The summed E-state index contributed by atoms with van der Waals surface area (Å²) in [5, 5.41) is 12.5. The molecule has 0 spiro atoms. The monoisotopic (exact) mass is 216 g/mol. The topological polar surface area (TPSA) is 52.0 Å². The lowest BCUT2D eigenvalue weighted by Gasteiger charge is -2.35. The van der Waals surface area contributed by atoms with E-state index in [1.165, 1.54) is 0 Å². The molecule has 4 heteroatoms. The van der Waals surface area contributed by atoms with Crippen molar-refractivity contribution in [2.45, 2.75) is 19.9 Å². The Kier molecular flexibility index (Phi) is 3.07. The van der Waals surface area contributed by atoms with Gasteiger partial charge in [0, 0.05) is 31.9 Å². The van der Waals surface area contributed by atoms with Gasteiger partial charge >= 0.3 is 0 Å². The van der Waals surface area contributed by atoms with Crippen molar-refractivity contribution in [1.82, 2.24) is 10.3 Å². The van der Waals surface area contributed by atoms with Crippen molar-refractivity contribution < 1.29 is 0 Å². The number of aromatic nitrogens is 1. The van der Waals surface area contributed by atoms with Gasteiger partial charge in [0.15, 0.2) is 0 Å². The highest BCUT2D eigenvalue weighted by molar-refractivity contribution is 5.57. The first-order chi connectivity index (χ1) is 7.74. The summed E-state index contributed by atoms with van der Waals surface area (Å²) in [4.78, 5) is 6.57. The quantitative estimate of drug-likeness (QED) is 0.762. The number of nitrogens with one attached hydrogen (secondary N) is 1. The van der Waals surface area contributed by atoms with Crippen LogP contribution in [0.3, 0.4) is 0 Å². The summed E-state index contributed by atoms with van der Waals surface area (Å²) in [5.74, 6) is 0.830. The largest absolute Gasteiger partial charge is 0.350 e. The molecule has 1 N–H and O–H groups in total. The summed E-state index contributed by atoms with van der Waals surface area (Å²) in [6.45, 7) is 6.91. The Bertz CT molecular complexity index is 422. The van der Waals surface area contributed by atoms with Crippen LogP contribution < -0.4 is 10.2 Å². The van der Waals surface area contributed by atoms with E-state index in [1.54, 1.807) is 6.20 Å². The van der Waals surface area contributed by atoms with Crippen LogP contribution in [0.25, 0.3) is 0 Å². The second kappa shape index (κ2) is 4.50. The standard InChI is InChI=1S/C12H16N4/c1-9-3-4-15-12(11(9)7-13)16-6-5-14-8-10(16)2/h3-4,10,14H,5-6,8H2,1-2H3. The van der Waals surface area contributed by atoms with E-state index in [1.807, 2.05) is 13.0 Å². The SMILES string of the molecule is Cc1ccnc(N2CCNCC2C)c1C#N. The van der Waals surface area contributed by atoms with E-state index in [4.69, 9.17) is 0 Å². The second-order valence-corrected chi connectivity index (χ2v) is 4.18. The number of nitriles is 1. The predicted octanol–water partition coefficient (Wildman–Crippen LogP) is 1.06. The zero-order valence-electron chi connectivity index (χ0n) is 9.70. The maximum atomic E-state index is 9.18. The molecule has 1 atom stereocenters. The van der Waals surface area contributed by atoms with Crippen LogP contribution in [0.2, 0.25) is 0 Å². The molecule has 1 fully saturated rings. The van der Waals surface area contributed by atoms with Crippen LogP contribution in [-0.2, 0) is 0 Å². The zero-order chi connectivity index (χ0) is 11.5. The van der Waals surface area contributed by atoms with Gasteiger partial charge in [0.05, 0.1) is 5.56 Å². The molecule has 1 saturated heterocycles. The fourth-order valence-electron chi connectivity index (χ4n) is 2.06. The average Bonchev–Trinajstić information content (AvgIpc) is 2.29. The molecule has 4 nitrogen and oxygen atoms in total. The number of rotatable bonds is 1. The minimum Gasteiger partial charge on any atom is -0.350 e. The first kappa shape index (κ1) is 10.9. The molecular formula is C12H16N4. The van der Waals surface area contributed by atoms with Crippen molar-refractivity contribution in [1.29, 1.82) is 5.26 Å². The zero-order valence-corrected chi connectivity index (χ0v) is 9.70. The normalized spacial score (nSPS) is 20.6. The predicted molar refractivity (Wildman–Crippen MR) is 63.4 cm³/mol. The number of nitrogens with zero attached hydrogens (tertiary/aromatic N) is 3. The molecule has 0 amide bonds. The Morgan fingerprint density at radius 3 is 3.12 bits per heavy atom. The highest BCUT2D eigenvalue weighted by Crippen LogP contribution is 2.22. The van der Waals surface area contributed by atoms with Crippen LogP contribution in [0, 0.1) is 18.3 Å². The van der Waals surface area contributed by atoms with E-state index in [9.17, 15) is 5.26 Å². The van der Waals surface area contributed by atoms with E-state index < -0.39 is 0 Å². The Labute approximate surface area is 95.9 Å². The van der Waals surface area contributed by atoms with E-state index in [2.05, 4.69) is 28.2 Å². The van der Waals surface area contributed by atoms with Gasteiger partial charge in [0.2, 0.25) is 0 Å². The molecule has 0 bridgehead atoms. The molecule has 16 heavy (non-hydrogen) atoms. The fourth-order valence-corrected chi connectivity index (χ4v) is 2.06. The van der Waals surface area contributed by atoms with Gasteiger partial charge in [-0.2, -0.15) is 5.26 Å². The Hall–Kier alpha value is -1.60. The number of hydrogen-bond acceptors (Lipinski definition) is 4. The summed E-state index contributed by atoms with van der Waals surface area (Å²) in [6, 6.07) is 4.53. The molecule has 0 aliphatic carbocycles. The molecule has 0 saturated carbocycles. The molecule has 0 radical (unpaired) electrons. The number of anilines is 1. The lowest BCUT2D eigenvalue weighted by molar-refractivity contribution is 0.497. The van der Waals surface area contributed by atoms with Gasteiger partial charge in [-0.3, -0.25) is 0 Å². The number of piperazine rings is 1. The summed E-state index contributed by atoms with van der Waals surface area (Å²) in [7, 11) is 0. The van der Waals surface area contributed by atoms with Gasteiger partial charge in [0.25, 0.3) is 0 Å². The first-order valence-corrected chi connectivity index (χ1v) is 5.57. The van der Waals surface area contributed by atoms with Crippen LogP contribution in [0.15, 0.2) is 12.3 Å². The van der Waals surface area contributed by atoms with Gasteiger partial charge < -0.3 is 10.2 Å². The summed E-state index contributed by atoms with van der Waals surface area (Å²) < 4.78 is 0. The van der Waals surface area contributed by atoms with Crippen molar-refractivity contribution in [3.8, 4) is 6.07 Å². The van der Waals surface area contributed by atoms with Crippen LogP contribution in [0.5, 0.6) is 0 Å². The van der Waals surface area contributed by atoms with Crippen molar-refractivity contribution in [3.63, 3.8) is 0 Å². The third-order valence-corrected chi connectivity index (χ3v) is 3.02. The highest BCUT2D eigenvalue weighted by atomic mass is 15.3. The number of hydrogen-bond donors (Lipinski definition) is 1. The molecule has 2 rings (SSSR count). The molecule has 1 unspecified atom stereocenters. The Balaban J connectivity index is 2.39. The summed E-state index contributed by atoms with van der Waals surface area (Å²) >= 11 is 0. The molecule has 1 aliphatic rings. The third-order valence-electron chi connectivity index (χ3n) is 3.02. The molecule has 1 aromatic rings. The molecule has 2 heterocycles. The Morgan fingerprint density at radius 2 is 2.44 bits per heavy atom. The first-order valence-electron chi connectivity index (χ1n) is 5.57. The van der Waals surface area contributed by atoms with E-state index in [-0.39, 0.29) is 0 Å². The van der Waals surface area contributed by atoms with Gasteiger partial charge in [-0.25, -0.2) is 4.98 Å². The number of pyridine rings is 1. The lowest BCUT2D eigenvalue weighted by Crippen LogP contribution is -2.50. The maximum Gasteiger partial charge on any atom is 0.147 e. The van der Waals surface area contributed by atoms with Gasteiger partial charge in [-0.15, -0.1) is 0 Å². The smallest absolute Gasteiger partial charge is 0.147 e. The average molecular weight is 216 g/mol. The third kappa shape index (κ3) is 1.86. The Morgan fingerprint density at radius 1 is 1.62 bits per heavy atom. The molecule has 0 aromatic carbocycles.